The van der Waals surface area contributed by atoms with Crippen LogP contribution >= 0.6 is 0 Å². The fraction of sp³-hybridized carbons (Fsp3) is 0.105. The molecule has 0 saturated heterocycles. The van der Waals surface area contributed by atoms with Gasteiger partial charge in [0.25, 0.3) is 11.5 Å². The summed E-state index contributed by atoms with van der Waals surface area (Å²) in [4.78, 5) is 28.3. The zero-order chi connectivity index (χ0) is 18.5. The Bertz CT molecular complexity index is 967. The van der Waals surface area contributed by atoms with E-state index in [1.54, 1.807) is 0 Å². The highest BCUT2D eigenvalue weighted by Crippen LogP contribution is 2.13. The van der Waals surface area contributed by atoms with Crippen LogP contribution in [0, 0.1) is 11.6 Å². The van der Waals surface area contributed by atoms with Gasteiger partial charge in [-0.3, -0.25) is 14.2 Å². The SMILES string of the molecule is O=C(NCCn1cnc(-c2ccccc2)cc1=O)c1c(F)cccc1F. The summed E-state index contributed by atoms with van der Waals surface area (Å²) in [6, 6.07) is 13.8. The fourth-order valence-corrected chi connectivity index (χ4v) is 2.45. The molecule has 26 heavy (non-hydrogen) atoms. The Morgan fingerprint density at radius 3 is 2.38 bits per heavy atom. The lowest BCUT2D eigenvalue weighted by atomic mass is 10.1. The lowest BCUT2D eigenvalue weighted by molar-refractivity contribution is 0.0943. The summed E-state index contributed by atoms with van der Waals surface area (Å²) in [6.45, 7) is 0.154. The van der Waals surface area contributed by atoms with Crippen molar-refractivity contribution in [3.8, 4) is 11.3 Å². The summed E-state index contributed by atoms with van der Waals surface area (Å²) in [5.74, 6) is -2.75. The van der Waals surface area contributed by atoms with Crippen molar-refractivity contribution in [2.75, 3.05) is 6.54 Å². The van der Waals surface area contributed by atoms with Crippen LogP contribution in [-0.2, 0) is 6.54 Å². The number of nitrogens with zero attached hydrogens (tertiary/aromatic N) is 2. The van der Waals surface area contributed by atoms with Gasteiger partial charge in [-0.05, 0) is 12.1 Å². The molecule has 0 atom stereocenters. The third kappa shape index (κ3) is 3.83. The minimum atomic E-state index is -0.937. The summed E-state index contributed by atoms with van der Waals surface area (Å²) in [7, 11) is 0. The molecule has 0 radical (unpaired) electrons. The van der Waals surface area contributed by atoms with E-state index in [0.717, 1.165) is 17.7 Å². The van der Waals surface area contributed by atoms with Crippen molar-refractivity contribution >= 4 is 5.91 Å². The highest BCUT2D eigenvalue weighted by Gasteiger charge is 2.16. The Balaban J connectivity index is 1.65. The zero-order valence-corrected chi connectivity index (χ0v) is 13.7. The van der Waals surface area contributed by atoms with Crippen molar-refractivity contribution in [3.05, 3.63) is 88.5 Å². The second-order valence-electron chi connectivity index (χ2n) is 5.52. The Hall–Kier alpha value is -3.35. The van der Waals surface area contributed by atoms with Crippen LogP contribution in [-0.4, -0.2) is 22.0 Å². The van der Waals surface area contributed by atoms with Crippen LogP contribution in [0.15, 0.2) is 65.7 Å². The van der Waals surface area contributed by atoms with Gasteiger partial charge in [0.1, 0.15) is 17.2 Å². The van der Waals surface area contributed by atoms with E-state index >= 15 is 0 Å². The molecule has 0 saturated carbocycles. The van der Waals surface area contributed by atoms with Gasteiger partial charge in [0.2, 0.25) is 0 Å². The number of aromatic nitrogens is 2. The molecule has 5 nitrogen and oxygen atoms in total. The average Bonchev–Trinajstić information content (AvgIpc) is 2.63. The topological polar surface area (TPSA) is 64.0 Å². The Labute approximate surface area is 147 Å². The molecule has 132 valence electrons. The minimum absolute atomic E-state index is 0.0267. The van der Waals surface area contributed by atoms with Gasteiger partial charge in [0.15, 0.2) is 0 Å². The average molecular weight is 355 g/mol. The maximum atomic E-state index is 13.6. The predicted octanol–water partition coefficient (Wildman–Crippen LogP) is 2.62. The number of halogens is 2. The van der Waals surface area contributed by atoms with Crippen molar-refractivity contribution in [1.29, 1.82) is 0 Å². The molecule has 0 aliphatic carbocycles. The molecular formula is C19H15F2N3O2. The molecule has 2 aromatic carbocycles. The van der Waals surface area contributed by atoms with Gasteiger partial charge in [-0.2, -0.15) is 0 Å². The monoisotopic (exact) mass is 355 g/mol. The molecule has 0 fully saturated rings. The highest BCUT2D eigenvalue weighted by atomic mass is 19.1. The summed E-state index contributed by atoms with van der Waals surface area (Å²) >= 11 is 0. The molecule has 0 aliphatic rings. The fourth-order valence-electron chi connectivity index (χ4n) is 2.45. The maximum Gasteiger partial charge on any atom is 0.257 e. The number of hydrogen-bond donors (Lipinski definition) is 1. The molecule has 1 heterocycles. The molecule has 0 spiro atoms. The van der Waals surface area contributed by atoms with E-state index < -0.39 is 23.1 Å². The number of rotatable bonds is 5. The van der Waals surface area contributed by atoms with Gasteiger partial charge < -0.3 is 5.32 Å². The summed E-state index contributed by atoms with van der Waals surface area (Å²) < 4.78 is 28.4. The standard InChI is InChI=1S/C19H15F2N3O2/c20-14-7-4-8-15(21)18(14)19(26)22-9-10-24-12-23-16(11-17(24)25)13-5-2-1-3-6-13/h1-8,11-12H,9-10H2,(H,22,26). The van der Waals surface area contributed by atoms with Crippen LogP contribution in [0.1, 0.15) is 10.4 Å². The van der Waals surface area contributed by atoms with E-state index in [4.69, 9.17) is 0 Å². The van der Waals surface area contributed by atoms with Crippen LogP contribution in [0.3, 0.4) is 0 Å². The van der Waals surface area contributed by atoms with E-state index in [2.05, 4.69) is 10.3 Å². The molecule has 1 N–H and O–H groups in total. The van der Waals surface area contributed by atoms with Gasteiger partial charge in [-0.25, -0.2) is 13.8 Å². The molecule has 0 aliphatic heterocycles. The molecule has 1 amide bonds. The first-order chi connectivity index (χ1) is 12.6. The Morgan fingerprint density at radius 2 is 1.73 bits per heavy atom. The maximum absolute atomic E-state index is 13.6. The van der Waals surface area contributed by atoms with Crippen molar-refractivity contribution in [2.24, 2.45) is 0 Å². The first kappa shape index (κ1) is 17.5. The largest absolute Gasteiger partial charge is 0.350 e. The van der Waals surface area contributed by atoms with E-state index in [9.17, 15) is 18.4 Å². The van der Waals surface area contributed by atoms with E-state index in [-0.39, 0.29) is 18.6 Å². The molecule has 3 aromatic rings. The smallest absolute Gasteiger partial charge is 0.257 e. The van der Waals surface area contributed by atoms with Gasteiger partial charge in [0.05, 0.1) is 12.0 Å². The van der Waals surface area contributed by atoms with E-state index in [0.29, 0.717) is 5.69 Å². The minimum Gasteiger partial charge on any atom is -0.350 e. The molecule has 0 bridgehead atoms. The second-order valence-corrected chi connectivity index (χ2v) is 5.52. The van der Waals surface area contributed by atoms with Gasteiger partial charge in [0, 0.05) is 24.7 Å². The number of carbonyl (C=O) groups excluding carboxylic acids is 1. The van der Waals surface area contributed by atoms with E-state index in [1.807, 2.05) is 30.3 Å². The second kappa shape index (κ2) is 7.69. The van der Waals surface area contributed by atoms with Gasteiger partial charge in [-0.15, -0.1) is 0 Å². The summed E-state index contributed by atoms with van der Waals surface area (Å²) in [6.07, 6.45) is 1.38. The van der Waals surface area contributed by atoms with Crippen LogP contribution in [0.4, 0.5) is 8.78 Å². The van der Waals surface area contributed by atoms with Gasteiger partial charge in [-0.1, -0.05) is 36.4 Å². The molecule has 0 unspecified atom stereocenters. The predicted molar refractivity (Wildman–Crippen MR) is 92.6 cm³/mol. The molecular weight excluding hydrogens is 340 g/mol. The van der Waals surface area contributed by atoms with Crippen LogP contribution in [0.25, 0.3) is 11.3 Å². The van der Waals surface area contributed by atoms with Gasteiger partial charge >= 0.3 is 0 Å². The third-order valence-corrected chi connectivity index (χ3v) is 3.78. The number of hydrogen-bond acceptors (Lipinski definition) is 3. The lowest BCUT2D eigenvalue weighted by Gasteiger charge is -2.09. The number of carbonyl (C=O) groups is 1. The first-order valence-corrected chi connectivity index (χ1v) is 7.90. The first-order valence-electron chi connectivity index (χ1n) is 7.90. The van der Waals surface area contributed by atoms with Crippen molar-refractivity contribution < 1.29 is 13.6 Å². The van der Waals surface area contributed by atoms with Crippen molar-refractivity contribution in [2.45, 2.75) is 6.54 Å². The number of amides is 1. The Kier molecular flexibility index (Phi) is 5.17. The molecule has 1 aromatic heterocycles. The molecule has 7 heteroatoms. The summed E-state index contributed by atoms with van der Waals surface area (Å²) in [5, 5.41) is 2.40. The number of benzene rings is 2. The third-order valence-electron chi connectivity index (χ3n) is 3.78. The van der Waals surface area contributed by atoms with E-state index in [1.165, 1.54) is 23.0 Å². The zero-order valence-electron chi connectivity index (χ0n) is 13.7. The summed E-state index contributed by atoms with van der Waals surface area (Å²) in [5.41, 5.74) is 0.437. The quantitative estimate of drug-likeness (QED) is 0.765. The highest BCUT2D eigenvalue weighted by molar-refractivity contribution is 5.94. The van der Waals surface area contributed by atoms with Crippen LogP contribution < -0.4 is 10.9 Å². The van der Waals surface area contributed by atoms with Crippen molar-refractivity contribution in [3.63, 3.8) is 0 Å². The van der Waals surface area contributed by atoms with Crippen molar-refractivity contribution in [1.82, 2.24) is 14.9 Å². The van der Waals surface area contributed by atoms with Crippen LogP contribution in [0.2, 0.25) is 0 Å². The Morgan fingerprint density at radius 1 is 1.04 bits per heavy atom. The lowest BCUT2D eigenvalue weighted by Crippen LogP contribution is -2.31. The number of nitrogens with one attached hydrogen (secondary N) is 1. The normalized spacial score (nSPS) is 10.5. The van der Waals surface area contributed by atoms with Crippen LogP contribution in [0.5, 0.6) is 0 Å². The molecule has 3 rings (SSSR count).